The molecular formula is C14H19ClN2O2. The van der Waals surface area contributed by atoms with E-state index in [-0.39, 0.29) is 0 Å². The van der Waals surface area contributed by atoms with Crippen LogP contribution in [-0.4, -0.2) is 24.9 Å². The maximum Gasteiger partial charge on any atom is 0.309 e. The standard InChI is InChI=1S/C14H19ClN2O2/c1-2-3-8-16-13(18)14(19)17-9-7-11-5-4-6-12(15)10-11/h4-6,10H,2-3,7-9H2,1H3,(H,16,18)(H,17,19). The van der Waals surface area contributed by atoms with Gasteiger partial charge >= 0.3 is 11.8 Å². The number of carbonyl (C=O) groups is 2. The molecular weight excluding hydrogens is 264 g/mol. The molecule has 104 valence electrons. The second-order valence-electron chi connectivity index (χ2n) is 4.25. The van der Waals surface area contributed by atoms with E-state index in [2.05, 4.69) is 10.6 Å². The Morgan fingerprint density at radius 1 is 1.16 bits per heavy atom. The largest absolute Gasteiger partial charge is 0.348 e. The Hall–Kier alpha value is -1.55. The van der Waals surface area contributed by atoms with Crippen molar-refractivity contribution in [3.8, 4) is 0 Å². The third-order valence-corrected chi connectivity index (χ3v) is 2.85. The highest BCUT2D eigenvalue weighted by molar-refractivity contribution is 6.35. The molecule has 1 aromatic rings. The zero-order valence-corrected chi connectivity index (χ0v) is 11.8. The fourth-order valence-electron chi connectivity index (χ4n) is 1.55. The first-order valence-corrected chi connectivity index (χ1v) is 6.81. The molecule has 0 bridgehead atoms. The number of unbranched alkanes of at least 4 members (excludes halogenated alkanes) is 1. The zero-order chi connectivity index (χ0) is 14.1. The fourth-order valence-corrected chi connectivity index (χ4v) is 1.76. The van der Waals surface area contributed by atoms with Crippen LogP contribution < -0.4 is 10.6 Å². The van der Waals surface area contributed by atoms with Gasteiger partial charge in [0.15, 0.2) is 0 Å². The van der Waals surface area contributed by atoms with Gasteiger partial charge in [0, 0.05) is 18.1 Å². The number of hydrogen-bond donors (Lipinski definition) is 2. The van der Waals surface area contributed by atoms with E-state index in [1.54, 1.807) is 6.07 Å². The molecule has 0 unspecified atom stereocenters. The summed E-state index contributed by atoms with van der Waals surface area (Å²) in [5.74, 6) is -1.15. The first-order valence-electron chi connectivity index (χ1n) is 6.44. The second-order valence-corrected chi connectivity index (χ2v) is 4.68. The van der Waals surface area contributed by atoms with Gasteiger partial charge < -0.3 is 10.6 Å². The molecule has 0 aromatic heterocycles. The number of nitrogens with one attached hydrogen (secondary N) is 2. The lowest BCUT2D eigenvalue weighted by Gasteiger charge is -2.06. The predicted octanol–water partition coefficient (Wildman–Crippen LogP) is 1.92. The summed E-state index contributed by atoms with van der Waals surface area (Å²) in [7, 11) is 0. The van der Waals surface area contributed by atoms with Gasteiger partial charge in [0.25, 0.3) is 0 Å². The van der Waals surface area contributed by atoms with Crippen molar-refractivity contribution in [1.82, 2.24) is 10.6 Å². The van der Waals surface area contributed by atoms with Crippen LogP contribution in [-0.2, 0) is 16.0 Å². The lowest BCUT2D eigenvalue weighted by molar-refractivity contribution is -0.139. The molecule has 0 heterocycles. The molecule has 5 heteroatoms. The quantitative estimate of drug-likeness (QED) is 0.619. The molecule has 2 amide bonds. The van der Waals surface area contributed by atoms with Gasteiger partial charge in [-0.25, -0.2) is 0 Å². The summed E-state index contributed by atoms with van der Waals surface area (Å²) < 4.78 is 0. The van der Waals surface area contributed by atoms with Gasteiger partial charge in [-0.15, -0.1) is 0 Å². The van der Waals surface area contributed by atoms with E-state index in [1.807, 2.05) is 25.1 Å². The molecule has 1 rings (SSSR count). The van der Waals surface area contributed by atoms with Crippen LogP contribution in [0.1, 0.15) is 25.3 Å². The molecule has 4 nitrogen and oxygen atoms in total. The highest BCUT2D eigenvalue weighted by Crippen LogP contribution is 2.10. The zero-order valence-electron chi connectivity index (χ0n) is 11.0. The summed E-state index contributed by atoms with van der Waals surface area (Å²) in [6.07, 6.45) is 2.51. The van der Waals surface area contributed by atoms with Crippen molar-refractivity contribution >= 4 is 23.4 Å². The van der Waals surface area contributed by atoms with Crippen LogP contribution in [0.15, 0.2) is 24.3 Å². The topological polar surface area (TPSA) is 58.2 Å². The van der Waals surface area contributed by atoms with Crippen molar-refractivity contribution < 1.29 is 9.59 Å². The minimum absolute atomic E-state index is 0.417. The van der Waals surface area contributed by atoms with Crippen molar-refractivity contribution in [3.05, 3.63) is 34.9 Å². The summed E-state index contributed by atoms with van der Waals surface area (Å²) >= 11 is 5.86. The molecule has 0 atom stereocenters. The molecule has 0 fully saturated rings. The van der Waals surface area contributed by atoms with Crippen LogP contribution in [0, 0.1) is 0 Å². The Bertz CT molecular complexity index is 435. The minimum Gasteiger partial charge on any atom is -0.348 e. The SMILES string of the molecule is CCCCNC(=O)C(=O)NCCc1cccc(Cl)c1. The average molecular weight is 283 g/mol. The number of halogens is 1. The highest BCUT2D eigenvalue weighted by atomic mass is 35.5. The number of hydrogen-bond acceptors (Lipinski definition) is 2. The van der Waals surface area contributed by atoms with Gasteiger partial charge in [-0.1, -0.05) is 37.1 Å². The molecule has 1 aromatic carbocycles. The van der Waals surface area contributed by atoms with E-state index in [1.165, 1.54) is 0 Å². The Labute approximate surface area is 118 Å². The Morgan fingerprint density at radius 2 is 1.84 bits per heavy atom. The van der Waals surface area contributed by atoms with Crippen molar-refractivity contribution in [2.75, 3.05) is 13.1 Å². The van der Waals surface area contributed by atoms with Gasteiger partial charge in [0.2, 0.25) is 0 Å². The van der Waals surface area contributed by atoms with Crippen LogP contribution in [0.4, 0.5) is 0 Å². The number of rotatable bonds is 6. The fraction of sp³-hybridized carbons (Fsp3) is 0.429. The molecule has 0 aliphatic carbocycles. The summed E-state index contributed by atoms with van der Waals surface area (Å²) in [5.41, 5.74) is 1.03. The van der Waals surface area contributed by atoms with Crippen molar-refractivity contribution in [2.45, 2.75) is 26.2 Å². The number of benzene rings is 1. The maximum atomic E-state index is 11.4. The Kier molecular flexibility index (Phi) is 6.97. The van der Waals surface area contributed by atoms with E-state index < -0.39 is 11.8 Å². The molecule has 0 radical (unpaired) electrons. The van der Waals surface area contributed by atoms with Crippen LogP contribution in [0.5, 0.6) is 0 Å². The molecule has 2 N–H and O–H groups in total. The summed E-state index contributed by atoms with van der Waals surface area (Å²) in [4.78, 5) is 22.8. The van der Waals surface area contributed by atoms with Gasteiger partial charge in [-0.2, -0.15) is 0 Å². The van der Waals surface area contributed by atoms with Gasteiger partial charge in [-0.3, -0.25) is 9.59 Å². The number of carbonyl (C=O) groups excluding carboxylic acids is 2. The van der Waals surface area contributed by atoms with E-state index >= 15 is 0 Å². The molecule has 0 aliphatic heterocycles. The molecule has 19 heavy (non-hydrogen) atoms. The van der Waals surface area contributed by atoms with Gasteiger partial charge in [0.05, 0.1) is 0 Å². The minimum atomic E-state index is -0.585. The molecule has 0 spiro atoms. The van der Waals surface area contributed by atoms with Crippen molar-refractivity contribution in [2.24, 2.45) is 0 Å². The van der Waals surface area contributed by atoms with Crippen LogP contribution in [0.25, 0.3) is 0 Å². The van der Waals surface area contributed by atoms with E-state index in [9.17, 15) is 9.59 Å². The van der Waals surface area contributed by atoms with Crippen LogP contribution in [0.2, 0.25) is 5.02 Å². The first kappa shape index (κ1) is 15.5. The van der Waals surface area contributed by atoms with Gasteiger partial charge in [-0.05, 0) is 30.5 Å². The van der Waals surface area contributed by atoms with E-state index in [0.29, 0.717) is 24.5 Å². The Morgan fingerprint density at radius 3 is 2.47 bits per heavy atom. The lowest BCUT2D eigenvalue weighted by Crippen LogP contribution is -2.40. The number of amides is 2. The van der Waals surface area contributed by atoms with Gasteiger partial charge in [0.1, 0.15) is 0 Å². The summed E-state index contributed by atoms with van der Waals surface area (Å²) in [5, 5.41) is 5.82. The van der Waals surface area contributed by atoms with Crippen LogP contribution >= 0.6 is 11.6 Å². The first-order chi connectivity index (χ1) is 9.13. The smallest absolute Gasteiger partial charge is 0.309 e. The van der Waals surface area contributed by atoms with E-state index in [4.69, 9.17) is 11.6 Å². The molecule has 0 aliphatic rings. The van der Waals surface area contributed by atoms with Crippen LogP contribution in [0.3, 0.4) is 0 Å². The summed E-state index contributed by atoms with van der Waals surface area (Å²) in [6, 6.07) is 7.43. The van der Waals surface area contributed by atoms with E-state index in [0.717, 1.165) is 18.4 Å². The lowest BCUT2D eigenvalue weighted by atomic mass is 10.1. The maximum absolute atomic E-state index is 11.4. The average Bonchev–Trinajstić information content (AvgIpc) is 2.39. The second kappa shape index (κ2) is 8.53. The highest BCUT2D eigenvalue weighted by Gasteiger charge is 2.11. The van der Waals surface area contributed by atoms with Crippen molar-refractivity contribution in [3.63, 3.8) is 0 Å². The predicted molar refractivity (Wildman–Crippen MR) is 76.1 cm³/mol. The molecule has 0 saturated heterocycles. The monoisotopic (exact) mass is 282 g/mol. The normalized spacial score (nSPS) is 10.0. The third-order valence-electron chi connectivity index (χ3n) is 2.61. The summed E-state index contributed by atoms with van der Waals surface area (Å²) in [6.45, 7) is 2.98. The Balaban J connectivity index is 2.25. The molecule has 0 saturated carbocycles. The van der Waals surface area contributed by atoms with Crippen molar-refractivity contribution in [1.29, 1.82) is 0 Å². The third kappa shape index (κ3) is 6.25.